The van der Waals surface area contributed by atoms with Gasteiger partial charge in [0.25, 0.3) is 0 Å². The zero-order chi connectivity index (χ0) is 11.2. The van der Waals surface area contributed by atoms with Crippen molar-refractivity contribution in [1.29, 1.82) is 0 Å². The second-order valence-electron chi connectivity index (χ2n) is 3.89. The van der Waals surface area contributed by atoms with Crippen LogP contribution in [0.1, 0.15) is 30.6 Å². The van der Waals surface area contributed by atoms with Crippen LogP contribution in [0.5, 0.6) is 0 Å². The number of aliphatic hydroxyl groups is 1. The van der Waals surface area contributed by atoms with Crippen molar-refractivity contribution < 1.29 is 9.90 Å². The van der Waals surface area contributed by atoms with Gasteiger partial charge in [-0.3, -0.25) is 4.79 Å². The van der Waals surface area contributed by atoms with Crippen molar-refractivity contribution in [2.24, 2.45) is 0 Å². The number of allylic oxidation sites excluding steroid dienone is 2. The number of nitrogens with zero attached hydrogens (tertiary/aromatic N) is 2. The maximum atomic E-state index is 11.4. The van der Waals surface area contributed by atoms with Gasteiger partial charge in [-0.05, 0) is 20.8 Å². The minimum Gasteiger partial charge on any atom is -0.511 e. The molecule has 2 rings (SSSR count). The highest BCUT2D eigenvalue weighted by molar-refractivity contribution is 6.19. The molecule has 1 aromatic rings. The smallest absolute Gasteiger partial charge is 0.166 e. The number of fused-ring (bicyclic) bond motifs is 1. The number of carbonyl (C=O) groups excluding carboxylic acids is 1. The first-order chi connectivity index (χ1) is 7.02. The van der Waals surface area contributed by atoms with Gasteiger partial charge in [-0.2, -0.15) is 0 Å². The van der Waals surface area contributed by atoms with E-state index in [1.165, 1.54) is 6.92 Å². The molecule has 0 radical (unpaired) electrons. The van der Waals surface area contributed by atoms with Gasteiger partial charge in [-0.1, -0.05) is 0 Å². The molecule has 4 heteroatoms. The minimum absolute atomic E-state index is 0.126. The molecule has 15 heavy (non-hydrogen) atoms. The molecule has 0 saturated heterocycles. The number of aromatic nitrogens is 2. The number of imidazole rings is 1. The minimum atomic E-state index is -0.126. The Kier molecular flexibility index (Phi) is 2.14. The fourth-order valence-corrected chi connectivity index (χ4v) is 1.95. The Balaban J connectivity index is 2.67. The molecule has 0 unspecified atom stereocenters. The maximum Gasteiger partial charge on any atom is 0.166 e. The number of Topliss-reactive ketones (excluding diaryl/α,β-unsaturated/α-hetero) is 1. The highest BCUT2D eigenvalue weighted by atomic mass is 16.3. The third kappa shape index (κ3) is 1.37. The second kappa shape index (κ2) is 3.22. The van der Waals surface area contributed by atoms with E-state index in [1.807, 2.05) is 18.4 Å². The molecule has 0 spiro atoms. The predicted octanol–water partition coefficient (Wildman–Crippen LogP) is 1.76. The van der Waals surface area contributed by atoms with E-state index < -0.39 is 0 Å². The van der Waals surface area contributed by atoms with Gasteiger partial charge in [0.2, 0.25) is 0 Å². The number of aryl methyl sites for hydroxylation is 1. The first kappa shape index (κ1) is 9.96. The van der Waals surface area contributed by atoms with Crippen molar-refractivity contribution in [3.05, 3.63) is 23.0 Å². The summed E-state index contributed by atoms with van der Waals surface area (Å²) in [7, 11) is 0. The Morgan fingerprint density at radius 2 is 2.13 bits per heavy atom. The topological polar surface area (TPSA) is 55.1 Å². The summed E-state index contributed by atoms with van der Waals surface area (Å²) in [5.74, 6) is 0.653. The third-order valence-corrected chi connectivity index (χ3v) is 2.89. The lowest BCUT2D eigenvalue weighted by Gasteiger charge is -2.17. The summed E-state index contributed by atoms with van der Waals surface area (Å²) in [6, 6.07) is 0. The van der Waals surface area contributed by atoms with E-state index in [9.17, 15) is 9.90 Å². The molecule has 0 fully saturated rings. The van der Waals surface area contributed by atoms with Crippen LogP contribution in [0.25, 0.3) is 5.57 Å². The lowest BCUT2D eigenvalue weighted by Crippen LogP contribution is -2.16. The first-order valence-corrected chi connectivity index (χ1v) is 4.99. The average Bonchev–Trinajstić information content (AvgIpc) is 2.42. The molecular weight excluding hydrogens is 192 g/mol. The number of ketones is 1. The Morgan fingerprint density at radius 3 is 2.73 bits per heavy atom. The molecule has 1 aliphatic heterocycles. The molecule has 0 bridgehead atoms. The molecule has 0 amide bonds. The predicted molar refractivity (Wildman–Crippen MR) is 56.5 cm³/mol. The Hall–Kier alpha value is -1.58. The van der Waals surface area contributed by atoms with E-state index in [2.05, 4.69) is 4.98 Å². The van der Waals surface area contributed by atoms with E-state index in [-0.39, 0.29) is 11.5 Å². The van der Waals surface area contributed by atoms with Crippen LogP contribution in [-0.2, 0) is 11.3 Å². The quantitative estimate of drug-likeness (QED) is 0.761. The number of rotatable bonds is 1. The van der Waals surface area contributed by atoms with Gasteiger partial charge >= 0.3 is 0 Å². The molecule has 2 heterocycles. The Labute approximate surface area is 88.3 Å². The summed E-state index contributed by atoms with van der Waals surface area (Å²) in [4.78, 5) is 15.7. The monoisotopic (exact) mass is 206 g/mol. The Morgan fingerprint density at radius 1 is 1.47 bits per heavy atom. The fourth-order valence-electron chi connectivity index (χ4n) is 1.95. The van der Waals surface area contributed by atoms with Crippen molar-refractivity contribution in [1.82, 2.24) is 9.55 Å². The van der Waals surface area contributed by atoms with Gasteiger partial charge in [0.15, 0.2) is 5.78 Å². The first-order valence-electron chi connectivity index (χ1n) is 4.99. The summed E-state index contributed by atoms with van der Waals surface area (Å²) in [5.41, 5.74) is 2.35. The zero-order valence-electron chi connectivity index (χ0n) is 9.16. The van der Waals surface area contributed by atoms with Gasteiger partial charge in [0, 0.05) is 18.7 Å². The van der Waals surface area contributed by atoms with E-state index in [1.54, 1.807) is 0 Å². The van der Waals surface area contributed by atoms with Gasteiger partial charge in [0.1, 0.15) is 11.6 Å². The molecule has 4 nitrogen and oxygen atoms in total. The van der Waals surface area contributed by atoms with Crippen molar-refractivity contribution in [3.8, 4) is 0 Å². The number of hydrogen-bond donors (Lipinski definition) is 1. The molecule has 0 atom stereocenters. The molecule has 1 N–H and O–H groups in total. The molecule has 1 aromatic heterocycles. The normalized spacial score (nSPS) is 15.4. The molecule has 80 valence electrons. The van der Waals surface area contributed by atoms with E-state index in [0.29, 0.717) is 24.4 Å². The van der Waals surface area contributed by atoms with Crippen molar-refractivity contribution in [2.45, 2.75) is 33.7 Å². The van der Waals surface area contributed by atoms with Crippen LogP contribution >= 0.6 is 0 Å². The summed E-state index contributed by atoms with van der Waals surface area (Å²) < 4.78 is 1.99. The molecule has 0 saturated carbocycles. The number of aliphatic hydroxyl groups excluding tert-OH is 1. The molecule has 0 aromatic carbocycles. The summed E-state index contributed by atoms with van der Waals surface area (Å²) in [5, 5.41) is 9.69. The van der Waals surface area contributed by atoms with Crippen molar-refractivity contribution in [2.75, 3.05) is 0 Å². The summed E-state index contributed by atoms with van der Waals surface area (Å²) in [6.07, 6.45) is 0.512. The molecular formula is C11H14N2O2. The second-order valence-corrected chi connectivity index (χ2v) is 3.89. The third-order valence-electron chi connectivity index (χ3n) is 2.89. The van der Waals surface area contributed by atoms with Gasteiger partial charge in [-0.15, -0.1) is 0 Å². The SMILES string of the molecule is CC(=O)C1=C(O)CCn2c1nc(C)c2C. The lowest BCUT2D eigenvalue weighted by atomic mass is 10.1. The van der Waals surface area contributed by atoms with Crippen molar-refractivity contribution >= 4 is 11.4 Å². The number of carbonyl (C=O) groups is 1. The van der Waals surface area contributed by atoms with Gasteiger partial charge < -0.3 is 9.67 Å². The summed E-state index contributed by atoms with van der Waals surface area (Å²) >= 11 is 0. The van der Waals surface area contributed by atoms with Gasteiger partial charge in [-0.25, -0.2) is 4.98 Å². The van der Waals surface area contributed by atoms with Crippen LogP contribution in [0.4, 0.5) is 0 Å². The van der Waals surface area contributed by atoms with Crippen LogP contribution < -0.4 is 0 Å². The fraction of sp³-hybridized carbons (Fsp3) is 0.455. The van der Waals surface area contributed by atoms with Crippen LogP contribution in [0.15, 0.2) is 5.76 Å². The van der Waals surface area contributed by atoms with Crippen molar-refractivity contribution in [3.63, 3.8) is 0 Å². The molecule has 1 aliphatic rings. The van der Waals surface area contributed by atoms with E-state index in [4.69, 9.17) is 0 Å². The van der Waals surface area contributed by atoms with Crippen LogP contribution in [0, 0.1) is 13.8 Å². The lowest BCUT2D eigenvalue weighted by molar-refractivity contribution is -0.112. The van der Waals surface area contributed by atoms with E-state index in [0.717, 1.165) is 11.4 Å². The largest absolute Gasteiger partial charge is 0.511 e. The van der Waals surface area contributed by atoms with Crippen LogP contribution in [-0.4, -0.2) is 20.4 Å². The Bertz CT molecular complexity index is 469. The highest BCUT2D eigenvalue weighted by Gasteiger charge is 2.25. The standard InChI is InChI=1S/C11H14N2O2/c1-6-7(2)13-5-4-9(15)10(8(3)14)11(13)12-6/h15H,4-5H2,1-3H3. The number of hydrogen-bond acceptors (Lipinski definition) is 3. The zero-order valence-corrected chi connectivity index (χ0v) is 9.16. The maximum absolute atomic E-state index is 11.4. The van der Waals surface area contributed by atoms with Crippen LogP contribution in [0.2, 0.25) is 0 Å². The van der Waals surface area contributed by atoms with E-state index >= 15 is 0 Å². The van der Waals surface area contributed by atoms with Crippen LogP contribution in [0.3, 0.4) is 0 Å². The highest BCUT2D eigenvalue weighted by Crippen LogP contribution is 2.27. The average molecular weight is 206 g/mol. The van der Waals surface area contributed by atoms with Gasteiger partial charge in [0.05, 0.1) is 11.3 Å². The summed E-state index contributed by atoms with van der Waals surface area (Å²) in [6.45, 7) is 6.05. The molecule has 0 aliphatic carbocycles.